The third-order valence-corrected chi connectivity index (χ3v) is 8.75. The van der Waals surface area contributed by atoms with Gasteiger partial charge in [0.15, 0.2) is 0 Å². The molecule has 1 saturated carbocycles. The number of fused-ring (bicyclic) bond motifs is 1. The molecule has 1 N–H and O–H groups in total. The average Bonchev–Trinajstić information content (AvgIpc) is 3.35. The van der Waals surface area contributed by atoms with Crippen molar-refractivity contribution < 1.29 is 27.8 Å². The topological polar surface area (TPSA) is 80.5 Å². The van der Waals surface area contributed by atoms with Crippen LogP contribution in [0.5, 0.6) is 5.75 Å². The highest BCUT2D eigenvalue weighted by atomic mass is 19.3. The molecule has 7 nitrogen and oxygen atoms in total. The molecular formula is C33H35F3N4O3. The number of ether oxygens (including phenoxy) is 1. The lowest BCUT2D eigenvalue weighted by Crippen LogP contribution is -2.39. The predicted molar refractivity (Wildman–Crippen MR) is 157 cm³/mol. The van der Waals surface area contributed by atoms with E-state index in [9.17, 15) is 18.7 Å². The molecule has 0 radical (unpaired) electrons. The van der Waals surface area contributed by atoms with Gasteiger partial charge in [-0.2, -0.15) is 0 Å². The van der Waals surface area contributed by atoms with Crippen LogP contribution in [-0.2, 0) is 17.9 Å². The molecule has 3 heterocycles. The summed E-state index contributed by atoms with van der Waals surface area (Å²) in [7, 11) is 0. The quantitative estimate of drug-likeness (QED) is 0.235. The van der Waals surface area contributed by atoms with Crippen molar-refractivity contribution in [3.63, 3.8) is 0 Å². The first-order valence-electron chi connectivity index (χ1n) is 14.9. The molecule has 2 aliphatic rings. The maximum absolute atomic E-state index is 15.6. The van der Waals surface area contributed by atoms with Gasteiger partial charge in [0.25, 0.3) is 5.92 Å². The van der Waals surface area contributed by atoms with Crippen LogP contribution >= 0.6 is 0 Å². The number of aryl methyl sites for hydroxylation is 1. The van der Waals surface area contributed by atoms with Gasteiger partial charge in [0.2, 0.25) is 0 Å². The highest BCUT2D eigenvalue weighted by Gasteiger charge is 2.36. The second kappa shape index (κ2) is 11.9. The Morgan fingerprint density at radius 3 is 2.58 bits per heavy atom. The van der Waals surface area contributed by atoms with Crippen LogP contribution in [0.2, 0.25) is 0 Å². The van der Waals surface area contributed by atoms with Gasteiger partial charge >= 0.3 is 5.97 Å². The number of carboxylic acid groups (broad SMARTS) is 1. The monoisotopic (exact) mass is 592 g/mol. The number of hydrogen-bond donors (Lipinski definition) is 1. The van der Waals surface area contributed by atoms with E-state index >= 15 is 4.39 Å². The Kier molecular flexibility index (Phi) is 8.03. The number of rotatable bonds is 8. The van der Waals surface area contributed by atoms with Crippen LogP contribution < -0.4 is 9.64 Å². The van der Waals surface area contributed by atoms with Crippen molar-refractivity contribution in [3.05, 3.63) is 83.2 Å². The molecule has 2 unspecified atom stereocenters. The molecule has 10 heteroatoms. The van der Waals surface area contributed by atoms with E-state index in [4.69, 9.17) is 9.72 Å². The van der Waals surface area contributed by atoms with Crippen molar-refractivity contribution in [3.8, 4) is 5.75 Å². The highest BCUT2D eigenvalue weighted by molar-refractivity contribution is 5.79. The number of alkyl halides is 2. The Labute approximate surface area is 248 Å². The third-order valence-electron chi connectivity index (χ3n) is 8.75. The SMILES string of the molecule is Cc1ccc(COc2ccc3nc(C4CCCCC4C(=O)O)n(Cc4ccc(N5CCC(F)(F)CC5)cc4F)c3c2)nc1. The van der Waals surface area contributed by atoms with E-state index in [-0.39, 0.29) is 45.0 Å². The number of piperidine rings is 1. The molecular weight excluding hydrogens is 557 g/mol. The lowest BCUT2D eigenvalue weighted by Gasteiger charge is -2.33. The van der Waals surface area contributed by atoms with Crippen LogP contribution in [0.1, 0.15) is 67.1 Å². The van der Waals surface area contributed by atoms with Crippen molar-refractivity contribution in [1.82, 2.24) is 14.5 Å². The van der Waals surface area contributed by atoms with Crippen molar-refractivity contribution in [2.75, 3.05) is 18.0 Å². The smallest absolute Gasteiger partial charge is 0.307 e. The van der Waals surface area contributed by atoms with E-state index in [0.717, 1.165) is 29.6 Å². The number of carboxylic acids is 1. The maximum atomic E-state index is 15.6. The molecule has 2 aromatic heterocycles. The van der Waals surface area contributed by atoms with Crippen LogP contribution in [-0.4, -0.2) is 44.6 Å². The summed E-state index contributed by atoms with van der Waals surface area (Å²) in [5.41, 5.74) is 4.22. The Balaban J connectivity index is 1.33. The summed E-state index contributed by atoms with van der Waals surface area (Å²) in [6, 6.07) is 14.3. The number of benzene rings is 2. The molecule has 1 aliphatic carbocycles. The number of halogens is 3. The largest absolute Gasteiger partial charge is 0.487 e. The summed E-state index contributed by atoms with van der Waals surface area (Å²) >= 11 is 0. The first-order valence-corrected chi connectivity index (χ1v) is 14.9. The maximum Gasteiger partial charge on any atom is 0.307 e. The molecule has 226 valence electrons. The zero-order chi connectivity index (χ0) is 30.1. The number of hydrogen-bond acceptors (Lipinski definition) is 5. The fourth-order valence-corrected chi connectivity index (χ4v) is 6.26. The van der Waals surface area contributed by atoms with E-state index in [2.05, 4.69) is 4.98 Å². The van der Waals surface area contributed by atoms with Gasteiger partial charge in [0.1, 0.15) is 24.0 Å². The third kappa shape index (κ3) is 6.33. The van der Waals surface area contributed by atoms with Crippen molar-refractivity contribution in [2.24, 2.45) is 5.92 Å². The normalized spacial score (nSPS) is 20.3. The van der Waals surface area contributed by atoms with Crippen LogP contribution in [0, 0.1) is 18.7 Å². The minimum absolute atomic E-state index is 0.141. The summed E-state index contributed by atoms with van der Waals surface area (Å²) in [5, 5.41) is 10.0. The lowest BCUT2D eigenvalue weighted by atomic mass is 9.78. The molecule has 0 spiro atoms. The van der Waals surface area contributed by atoms with Gasteiger partial charge in [-0.25, -0.2) is 18.2 Å². The van der Waals surface area contributed by atoms with E-state index in [1.807, 2.05) is 41.8 Å². The van der Waals surface area contributed by atoms with Gasteiger partial charge in [0, 0.05) is 55.4 Å². The lowest BCUT2D eigenvalue weighted by molar-refractivity contribution is -0.143. The van der Waals surface area contributed by atoms with E-state index in [1.54, 1.807) is 23.2 Å². The van der Waals surface area contributed by atoms with Gasteiger partial charge in [-0.3, -0.25) is 9.78 Å². The second-order valence-corrected chi connectivity index (χ2v) is 11.8. The van der Waals surface area contributed by atoms with Crippen LogP contribution in [0.15, 0.2) is 54.7 Å². The van der Waals surface area contributed by atoms with Gasteiger partial charge in [-0.15, -0.1) is 0 Å². The number of anilines is 1. The summed E-state index contributed by atoms with van der Waals surface area (Å²) in [6.07, 6.45) is 4.27. The van der Waals surface area contributed by atoms with Crippen LogP contribution in [0.4, 0.5) is 18.9 Å². The van der Waals surface area contributed by atoms with Crippen molar-refractivity contribution >= 4 is 22.7 Å². The van der Waals surface area contributed by atoms with E-state index in [1.165, 1.54) is 6.07 Å². The summed E-state index contributed by atoms with van der Waals surface area (Å²) < 4.78 is 50.9. The molecule has 0 amide bonds. The molecule has 1 aliphatic heterocycles. The fourth-order valence-electron chi connectivity index (χ4n) is 6.26. The number of carbonyl (C=O) groups is 1. The van der Waals surface area contributed by atoms with Gasteiger partial charge in [-0.1, -0.05) is 25.0 Å². The van der Waals surface area contributed by atoms with Crippen molar-refractivity contribution in [2.45, 2.75) is 70.4 Å². The van der Waals surface area contributed by atoms with Crippen LogP contribution in [0.25, 0.3) is 11.0 Å². The molecule has 0 bridgehead atoms. The van der Waals surface area contributed by atoms with Crippen molar-refractivity contribution in [1.29, 1.82) is 0 Å². The van der Waals surface area contributed by atoms with E-state index < -0.39 is 23.6 Å². The average molecular weight is 593 g/mol. The fraction of sp³-hybridized carbons (Fsp3) is 0.424. The predicted octanol–water partition coefficient (Wildman–Crippen LogP) is 7.10. The molecule has 4 aromatic rings. The summed E-state index contributed by atoms with van der Waals surface area (Å²) in [6.45, 7) is 2.72. The molecule has 6 rings (SSSR count). The summed E-state index contributed by atoms with van der Waals surface area (Å²) in [5.74, 6) is -3.63. The first kappa shape index (κ1) is 29.0. The number of aliphatic carboxylic acids is 1. The number of imidazole rings is 1. The number of aromatic nitrogens is 3. The molecule has 2 atom stereocenters. The highest BCUT2D eigenvalue weighted by Crippen LogP contribution is 2.40. The number of nitrogens with zero attached hydrogens (tertiary/aromatic N) is 4. The molecule has 2 aromatic carbocycles. The second-order valence-electron chi connectivity index (χ2n) is 11.8. The minimum atomic E-state index is -2.68. The Morgan fingerprint density at radius 2 is 1.86 bits per heavy atom. The molecule has 1 saturated heterocycles. The zero-order valence-electron chi connectivity index (χ0n) is 24.1. The van der Waals surface area contributed by atoms with Gasteiger partial charge in [-0.05, 0) is 55.7 Å². The summed E-state index contributed by atoms with van der Waals surface area (Å²) in [4.78, 5) is 23.3. The minimum Gasteiger partial charge on any atom is -0.487 e. The van der Waals surface area contributed by atoms with Crippen LogP contribution in [0.3, 0.4) is 0 Å². The van der Waals surface area contributed by atoms with Gasteiger partial charge < -0.3 is 19.3 Å². The van der Waals surface area contributed by atoms with Gasteiger partial charge in [0.05, 0.1) is 29.2 Å². The number of pyridine rings is 1. The molecule has 43 heavy (non-hydrogen) atoms. The Morgan fingerprint density at radius 1 is 1.07 bits per heavy atom. The first-order chi connectivity index (χ1) is 20.7. The van der Waals surface area contributed by atoms with E-state index in [0.29, 0.717) is 41.2 Å². The zero-order valence-corrected chi connectivity index (χ0v) is 24.1. The standard InChI is InChI=1S/C33H35F3N4O3/c1-21-6-8-23(37-18-21)20-43-25-10-11-29-30(17-25)40(31(38-29)26-4-2-3-5-27(26)32(41)42)19-22-7-9-24(16-28(22)34)39-14-12-33(35,36)13-15-39/h6-11,16-18,26-27H,2-5,12-15,19-20H2,1H3,(H,41,42). The molecule has 2 fully saturated rings. The Bertz CT molecular complexity index is 1610. The Hall–Kier alpha value is -4.08.